The Balaban J connectivity index is 0.00000148. The number of fused-ring (bicyclic) bond motifs is 1. The Kier molecular flexibility index (Phi) is 17.2. The van der Waals surface area contributed by atoms with Crippen LogP contribution in [-0.4, -0.2) is 68.6 Å². The second-order valence-corrected chi connectivity index (χ2v) is 11.7. The Morgan fingerprint density at radius 3 is 2.04 bits per heavy atom. The fourth-order valence-electron chi connectivity index (χ4n) is 6.16. The second kappa shape index (κ2) is 20.5. The summed E-state index contributed by atoms with van der Waals surface area (Å²) in [7, 11) is 1.27. The van der Waals surface area contributed by atoms with Gasteiger partial charge in [0.1, 0.15) is 0 Å². The number of aldehydes is 1. The highest BCUT2D eigenvalue weighted by Gasteiger charge is 2.31. The van der Waals surface area contributed by atoms with E-state index in [1.807, 2.05) is 67.5 Å². The van der Waals surface area contributed by atoms with Gasteiger partial charge in [-0.2, -0.15) is 13.2 Å². The van der Waals surface area contributed by atoms with E-state index in [1.54, 1.807) is 30.0 Å². The lowest BCUT2D eigenvalue weighted by molar-refractivity contribution is -0.137. The van der Waals surface area contributed by atoms with E-state index in [1.165, 1.54) is 25.3 Å². The monoisotopic (exact) mass is 725 g/mol. The normalized spacial score (nSPS) is 17.1. The van der Waals surface area contributed by atoms with Gasteiger partial charge in [0, 0.05) is 36.6 Å². The third-order valence-electron chi connectivity index (χ3n) is 8.23. The quantitative estimate of drug-likeness (QED) is 0.107. The molecular weight excluding hydrogens is 671 g/mol. The van der Waals surface area contributed by atoms with Crippen LogP contribution in [0.5, 0.6) is 0 Å². The number of carbonyl (C=O) groups is 3. The van der Waals surface area contributed by atoms with Crippen molar-refractivity contribution < 1.29 is 37.0 Å². The number of benzene rings is 3. The van der Waals surface area contributed by atoms with Crippen LogP contribution in [0, 0.1) is 6.92 Å². The molecule has 0 spiro atoms. The molecule has 3 aromatic carbocycles. The van der Waals surface area contributed by atoms with E-state index < -0.39 is 17.7 Å². The van der Waals surface area contributed by atoms with Gasteiger partial charge in [0.2, 0.25) is 5.91 Å². The van der Waals surface area contributed by atoms with Gasteiger partial charge in [-0.1, -0.05) is 59.7 Å². The number of allylic oxidation sites excluding steroid dienone is 1. The molecule has 2 aliphatic rings. The Morgan fingerprint density at radius 2 is 1.50 bits per heavy atom. The highest BCUT2D eigenvalue weighted by molar-refractivity contribution is 6.19. The van der Waals surface area contributed by atoms with Gasteiger partial charge in [-0.25, -0.2) is 4.79 Å². The minimum absolute atomic E-state index is 0.000200. The summed E-state index contributed by atoms with van der Waals surface area (Å²) in [5.74, 6) is -0.535. The summed E-state index contributed by atoms with van der Waals surface area (Å²) in [6.45, 7) is 19.9. The third-order valence-corrected chi connectivity index (χ3v) is 8.23. The van der Waals surface area contributed by atoms with Crippen LogP contribution in [0.25, 0.3) is 11.3 Å². The van der Waals surface area contributed by atoms with Gasteiger partial charge < -0.3 is 19.7 Å². The first kappa shape index (κ1) is 43.7. The Hall–Kier alpha value is -4.48. The molecule has 0 aromatic heterocycles. The molecule has 0 aliphatic carbocycles. The Bertz CT molecular complexity index is 1660. The molecule has 1 saturated heterocycles. The molecule has 2 unspecified atom stereocenters. The number of hydrogen-bond acceptors (Lipinski definition) is 7. The van der Waals surface area contributed by atoms with Gasteiger partial charge in [0.05, 0.1) is 42.7 Å². The summed E-state index contributed by atoms with van der Waals surface area (Å²) >= 11 is 0. The number of nitrogens with zero attached hydrogens (tertiary/aromatic N) is 2. The molecule has 2 heterocycles. The van der Waals surface area contributed by atoms with Gasteiger partial charge in [0.25, 0.3) is 0 Å². The Morgan fingerprint density at radius 1 is 0.904 bits per heavy atom. The number of methoxy groups -OCH3 is 1. The molecule has 284 valence electrons. The lowest BCUT2D eigenvalue weighted by Gasteiger charge is -2.35. The summed E-state index contributed by atoms with van der Waals surface area (Å²) in [6, 6.07) is 14.8. The van der Waals surface area contributed by atoms with Crippen LogP contribution in [0.1, 0.15) is 93.6 Å². The zero-order valence-electron chi connectivity index (χ0n) is 32.1. The third kappa shape index (κ3) is 11.0. The van der Waals surface area contributed by atoms with E-state index in [9.17, 15) is 27.6 Å². The smallest absolute Gasteiger partial charge is 0.416 e. The number of carbonyl (C=O) groups excluding carboxylic acids is 3. The summed E-state index contributed by atoms with van der Waals surface area (Å²) in [4.78, 5) is 41.9. The number of hydrogen-bond donors (Lipinski definition) is 1. The average molecular weight is 726 g/mol. The van der Waals surface area contributed by atoms with Gasteiger partial charge in [-0.3, -0.25) is 14.5 Å². The van der Waals surface area contributed by atoms with Crippen molar-refractivity contribution in [1.29, 1.82) is 0 Å². The van der Waals surface area contributed by atoms with Crippen molar-refractivity contribution in [1.82, 2.24) is 4.90 Å². The molecule has 0 radical (unpaired) electrons. The lowest BCUT2D eigenvalue weighted by atomic mass is 9.94. The van der Waals surface area contributed by atoms with Crippen LogP contribution in [0.4, 0.5) is 24.5 Å². The zero-order chi connectivity index (χ0) is 39.2. The number of anilines is 2. The fraction of sp³-hybridized carbons (Fsp3) is 0.439. The average Bonchev–Trinajstić information content (AvgIpc) is 3.57. The van der Waals surface area contributed by atoms with E-state index >= 15 is 0 Å². The van der Waals surface area contributed by atoms with E-state index in [-0.39, 0.29) is 30.2 Å². The van der Waals surface area contributed by atoms with E-state index in [2.05, 4.69) is 10.2 Å². The number of ether oxygens (including phenoxy) is 2. The summed E-state index contributed by atoms with van der Waals surface area (Å²) < 4.78 is 50.7. The molecule has 2 aliphatic heterocycles. The van der Waals surface area contributed by atoms with E-state index in [0.717, 1.165) is 23.4 Å². The Labute approximate surface area is 307 Å². The van der Waals surface area contributed by atoms with Crippen LogP contribution in [0.3, 0.4) is 0 Å². The van der Waals surface area contributed by atoms with Gasteiger partial charge in [-0.05, 0) is 91.9 Å². The SMILES string of the molecule is CC.CC.CC.COC(=O)c1ccc(/C(C=O)=C(/Nc2ccc3c(c2)CCN3C(=O)CN2CC(C)OC(C)C2)c2ccc(C(F)(F)F)cc2)c(C)c1. The van der Waals surface area contributed by atoms with Crippen molar-refractivity contribution >= 4 is 40.8 Å². The zero-order valence-corrected chi connectivity index (χ0v) is 32.1. The predicted molar refractivity (Wildman–Crippen MR) is 203 cm³/mol. The molecule has 3 aromatic rings. The van der Waals surface area contributed by atoms with Crippen LogP contribution >= 0.6 is 0 Å². The molecule has 0 bridgehead atoms. The number of esters is 1. The number of nitrogens with one attached hydrogen (secondary N) is 1. The second-order valence-electron chi connectivity index (χ2n) is 11.7. The number of halogens is 3. The number of rotatable bonds is 8. The molecule has 2 atom stereocenters. The van der Waals surface area contributed by atoms with Crippen molar-refractivity contribution in [3.63, 3.8) is 0 Å². The van der Waals surface area contributed by atoms with Crippen LogP contribution in [-0.2, 0) is 31.7 Å². The molecule has 1 fully saturated rings. The van der Waals surface area contributed by atoms with Gasteiger partial charge in [0.15, 0.2) is 6.29 Å². The van der Waals surface area contributed by atoms with Crippen molar-refractivity contribution in [2.75, 3.05) is 43.5 Å². The highest BCUT2D eigenvalue weighted by Crippen LogP contribution is 2.36. The maximum Gasteiger partial charge on any atom is 0.416 e. The first-order valence-electron chi connectivity index (χ1n) is 18.0. The van der Waals surface area contributed by atoms with Crippen LogP contribution < -0.4 is 10.2 Å². The molecule has 11 heteroatoms. The number of morpholine rings is 1. The van der Waals surface area contributed by atoms with Crippen molar-refractivity contribution in [2.24, 2.45) is 0 Å². The molecule has 5 rings (SSSR count). The molecule has 1 N–H and O–H groups in total. The standard InChI is InChI=1S/C35H36F3N3O5.3C2H6/c1-21-15-26(34(44)45-4)7-11-29(21)30(20-42)33(24-5-8-27(9-6-24)35(36,37)38)39-28-10-12-31-25(16-28)13-14-41(31)32(43)19-40-17-22(2)46-23(3)18-40;3*1-2/h5-12,15-16,20,22-23,39H,13-14,17-19H2,1-4H3;3*1-2H3/b33-30+;;;. The largest absolute Gasteiger partial charge is 0.465 e. The molecular formula is C41H54F3N3O5. The number of alkyl halides is 3. The summed E-state index contributed by atoms with van der Waals surface area (Å²) in [6.07, 6.45) is -3.16. The minimum Gasteiger partial charge on any atom is -0.465 e. The van der Waals surface area contributed by atoms with Crippen LogP contribution in [0.2, 0.25) is 0 Å². The topological polar surface area (TPSA) is 88.2 Å². The molecule has 52 heavy (non-hydrogen) atoms. The van der Waals surface area contributed by atoms with Crippen molar-refractivity contribution in [3.8, 4) is 0 Å². The number of amides is 1. The van der Waals surface area contributed by atoms with Crippen LogP contribution in [0.15, 0.2) is 60.7 Å². The number of aryl methyl sites for hydroxylation is 1. The highest BCUT2D eigenvalue weighted by atomic mass is 19.4. The maximum absolute atomic E-state index is 13.4. The van der Waals surface area contributed by atoms with Crippen molar-refractivity contribution in [2.45, 2.75) is 87.1 Å². The fourth-order valence-corrected chi connectivity index (χ4v) is 6.16. The molecule has 1 amide bonds. The summed E-state index contributed by atoms with van der Waals surface area (Å²) in [5, 5.41) is 3.28. The van der Waals surface area contributed by atoms with Crippen molar-refractivity contribution in [3.05, 3.63) is 94.0 Å². The predicted octanol–water partition coefficient (Wildman–Crippen LogP) is 9.06. The minimum atomic E-state index is -4.52. The first-order chi connectivity index (χ1) is 24.9. The maximum atomic E-state index is 13.4. The van der Waals surface area contributed by atoms with Gasteiger partial charge >= 0.3 is 12.1 Å². The lowest BCUT2D eigenvalue weighted by Crippen LogP contribution is -2.49. The van der Waals surface area contributed by atoms with E-state index in [0.29, 0.717) is 66.0 Å². The molecule has 8 nitrogen and oxygen atoms in total. The van der Waals surface area contributed by atoms with E-state index in [4.69, 9.17) is 9.47 Å². The molecule has 0 saturated carbocycles. The first-order valence-corrected chi connectivity index (χ1v) is 18.0. The van der Waals surface area contributed by atoms with Gasteiger partial charge in [-0.15, -0.1) is 0 Å². The summed E-state index contributed by atoms with van der Waals surface area (Å²) in [5.41, 5.74) is 3.75.